The Labute approximate surface area is 285 Å². The van der Waals surface area contributed by atoms with Gasteiger partial charge in [0.25, 0.3) is 5.91 Å². The van der Waals surface area contributed by atoms with Gasteiger partial charge in [0.15, 0.2) is 17.9 Å². The Morgan fingerprint density at radius 2 is 1.58 bits per heavy atom. The summed E-state index contributed by atoms with van der Waals surface area (Å²) in [6.45, 7) is 16.7. The molecule has 0 saturated carbocycles. The van der Waals surface area contributed by atoms with Gasteiger partial charge in [-0.1, -0.05) is 64.1 Å². The number of carbonyl (C=O) groups is 3. The Morgan fingerprint density at radius 1 is 0.938 bits per heavy atom. The Morgan fingerprint density at radius 3 is 2.12 bits per heavy atom. The molecule has 0 bridgehead atoms. The number of likely N-dealkylation sites (N-methyl/N-ethyl adjacent to an activating group) is 1. The largest absolute Gasteiger partial charge is 0.382 e. The molecule has 1 heterocycles. The maximum Gasteiger partial charge on any atom is 0.255 e. The van der Waals surface area contributed by atoms with E-state index in [4.69, 9.17) is 4.99 Å². The fourth-order valence-corrected chi connectivity index (χ4v) is 5.92. The van der Waals surface area contributed by atoms with E-state index in [1.165, 1.54) is 0 Å². The first-order valence-electron chi connectivity index (χ1n) is 16.6. The van der Waals surface area contributed by atoms with Crippen LogP contribution >= 0.6 is 0 Å². The minimum absolute atomic E-state index is 0.00287. The van der Waals surface area contributed by atoms with Crippen LogP contribution in [-0.2, 0) is 15.0 Å². The number of hydrogen-bond acceptors (Lipinski definition) is 7. The summed E-state index contributed by atoms with van der Waals surface area (Å²) >= 11 is 0. The fraction of sp³-hybridized carbons (Fsp3) is 0.385. The number of nitrogens with one attached hydrogen (secondary N) is 2. The van der Waals surface area contributed by atoms with Gasteiger partial charge in [-0.15, -0.1) is 0 Å². The van der Waals surface area contributed by atoms with Gasteiger partial charge in [-0.05, 0) is 72.8 Å². The van der Waals surface area contributed by atoms with Crippen molar-refractivity contribution >= 4 is 40.9 Å². The zero-order valence-corrected chi connectivity index (χ0v) is 29.6. The van der Waals surface area contributed by atoms with E-state index < -0.39 is 0 Å². The van der Waals surface area contributed by atoms with E-state index in [-0.39, 0.29) is 29.0 Å². The highest BCUT2D eigenvalue weighted by Gasteiger charge is 2.28. The van der Waals surface area contributed by atoms with E-state index in [9.17, 15) is 14.4 Å². The highest BCUT2D eigenvalue weighted by Crippen LogP contribution is 2.29. The lowest BCUT2D eigenvalue weighted by Crippen LogP contribution is -2.48. The summed E-state index contributed by atoms with van der Waals surface area (Å²) < 4.78 is 0. The van der Waals surface area contributed by atoms with Crippen LogP contribution < -0.4 is 10.6 Å². The topological polar surface area (TPSA) is 97.3 Å². The molecule has 3 aromatic carbocycles. The number of amides is 1. The summed E-state index contributed by atoms with van der Waals surface area (Å²) in [6.07, 6.45) is 2.52. The van der Waals surface area contributed by atoms with Crippen molar-refractivity contribution in [1.82, 2.24) is 14.7 Å². The second-order valence-electron chi connectivity index (χ2n) is 13.6. The Bertz CT molecular complexity index is 1640. The Kier molecular flexibility index (Phi) is 12.1. The van der Waals surface area contributed by atoms with Crippen LogP contribution in [-0.4, -0.2) is 85.3 Å². The summed E-state index contributed by atoms with van der Waals surface area (Å²) in [4.78, 5) is 49.4. The number of anilines is 2. The highest BCUT2D eigenvalue weighted by atomic mass is 16.1. The molecule has 1 aliphatic heterocycles. The predicted molar refractivity (Wildman–Crippen MR) is 197 cm³/mol. The first-order chi connectivity index (χ1) is 22.8. The summed E-state index contributed by atoms with van der Waals surface area (Å²) in [5.74, 6) is 0.0372. The standard InChI is InChI=1S/C39H50N6O3/c1-9-44-21-23-45(24-22-44)37(28(3)47)29-15-19-32(20-16-29)40-36(26-46)41-35(25-43(7)8)33-11-10-12-34(27(33)2)42-38(48)30-13-17-31(18-14-30)39(4,5)6/h10-20,25-26,37H,9,21-24H2,1-8H3,(H,40,41)(H,42,48)/b35-25-. The van der Waals surface area contributed by atoms with Crippen LogP contribution in [0.15, 0.2) is 77.9 Å². The average molecular weight is 651 g/mol. The van der Waals surface area contributed by atoms with Crippen LogP contribution in [0.25, 0.3) is 5.70 Å². The zero-order valence-electron chi connectivity index (χ0n) is 29.6. The third kappa shape index (κ3) is 9.27. The lowest BCUT2D eigenvalue weighted by molar-refractivity contribution is -0.123. The normalized spacial score (nSPS) is 15.5. The van der Waals surface area contributed by atoms with Gasteiger partial charge in [-0.25, -0.2) is 4.99 Å². The number of amidine groups is 1. The quantitative estimate of drug-likeness (QED) is 0.141. The molecule has 1 amide bonds. The van der Waals surface area contributed by atoms with Crippen molar-refractivity contribution < 1.29 is 14.4 Å². The first kappa shape index (κ1) is 36.2. The molecule has 9 nitrogen and oxygen atoms in total. The van der Waals surface area contributed by atoms with Crippen LogP contribution in [0.1, 0.15) is 73.3 Å². The maximum atomic E-state index is 13.2. The number of aliphatic imine (C=N–C) groups is 1. The number of ketones is 1. The summed E-state index contributed by atoms with van der Waals surface area (Å²) in [5, 5.41) is 6.19. The summed E-state index contributed by atoms with van der Waals surface area (Å²) in [6, 6.07) is 20.6. The smallest absolute Gasteiger partial charge is 0.255 e. The molecule has 1 unspecified atom stereocenters. The number of carbonyl (C=O) groups excluding carboxylic acids is 3. The third-order valence-electron chi connectivity index (χ3n) is 8.71. The number of aldehydes is 1. The molecule has 254 valence electrons. The molecule has 0 aromatic heterocycles. The average Bonchev–Trinajstić information content (AvgIpc) is 3.05. The monoisotopic (exact) mass is 650 g/mol. The lowest BCUT2D eigenvalue weighted by atomic mass is 9.86. The molecular formula is C39H50N6O3. The second-order valence-corrected chi connectivity index (χ2v) is 13.6. The van der Waals surface area contributed by atoms with E-state index in [0.717, 1.165) is 55.0 Å². The minimum Gasteiger partial charge on any atom is -0.382 e. The van der Waals surface area contributed by atoms with E-state index in [2.05, 4.69) is 48.1 Å². The minimum atomic E-state index is -0.300. The van der Waals surface area contributed by atoms with E-state index >= 15 is 0 Å². The predicted octanol–water partition coefficient (Wildman–Crippen LogP) is 6.38. The Hall–Kier alpha value is -4.60. The third-order valence-corrected chi connectivity index (χ3v) is 8.71. The molecule has 0 aliphatic carbocycles. The molecule has 4 rings (SSSR count). The van der Waals surface area contributed by atoms with Gasteiger partial charge in [0.05, 0.1) is 11.7 Å². The molecule has 1 aliphatic rings. The molecule has 1 saturated heterocycles. The van der Waals surface area contributed by atoms with Crippen molar-refractivity contribution in [3.63, 3.8) is 0 Å². The van der Waals surface area contributed by atoms with Gasteiger partial charge in [0, 0.05) is 69.0 Å². The van der Waals surface area contributed by atoms with Crippen molar-refractivity contribution in [3.8, 4) is 0 Å². The molecule has 0 spiro atoms. The molecule has 48 heavy (non-hydrogen) atoms. The molecule has 2 N–H and O–H groups in total. The first-order valence-corrected chi connectivity index (χ1v) is 16.6. The van der Waals surface area contributed by atoms with Gasteiger partial charge in [-0.3, -0.25) is 19.3 Å². The van der Waals surface area contributed by atoms with Crippen molar-refractivity contribution in [2.45, 2.75) is 53.0 Å². The Balaban J connectivity index is 1.54. The summed E-state index contributed by atoms with van der Waals surface area (Å²) in [7, 11) is 3.77. The number of benzene rings is 3. The zero-order chi connectivity index (χ0) is 35.0. The van der Waals surface area contributed by atoms with Crippen LogP contribution in [0.3, 0.4) is 0 Å². The van der Waals surface area contributed by atoms with Crippen molar-refractivity contribution in [2.24, 2.45) is 4.99 Å². The molecular weight excluding hydrogens is 600 g/mol. The fourth-order valence-electron chi connectivity index (χ4n) is 5.92. The number of piperazine rings is 1. The molecule has 1 atom stereocenters. The van der Waals surface area contributed by atoms with Crippen LogP contribution in [0.2, 0.25) is 0 Å². The highest BCUT2D eigenvalue weighted by molar-refractivity contribution is 6.33. The van der Waals surface area contributed by atoms with Crippen molar-refractivity contribution in [1.29, 1.82) is 0 Å². The van der Waals surface area contributed by atoms with E-state index in [1.807, 2.05) is 98.8 Å². The van der Waals surface area contributed by atoms with Crippen LogP contribution in [0, 0.1) is 6.92 Å². The SMILES string of the molecule is CCN1CCN(C(C(C)=O)c2ccc(NC(C=O)=N/C(=C\N(C)C)c3cccc(NC(=O)c4ccc(C(C)(C)C)cc4)c3C)cc2)CC1. The number of nitrogens with zero attached hydrogens (tertiary/aromatic N) is 4. The van der Waals surface area contributed by atoms with Gasteiger partial charge < -0.3 is 20.4 Å². The number of rotatable bonds is 11. The molecule has 1 fully saturated rings. The van der Waals surface area contributed by atoms with Gasteiger partial charge in [0.1, 0.15) is 0 Å². The van der Waals surface area contributed by atoms with Crippen LogP contribution in [0.4, 0.5) is 11.4 Å². The second kappa shape index (κ2) is 16.0. The van der Waals surface area contributed by atoms with Gasteiger partial charge >= 0.3 is 0 Å². The van der Waals surface area contributed by atoms with Gasteiger partial charge in [-0.2, -0.15) is 0 Å². The maximum absolute atomic E-state index is 13.2. The van der Waals surface area contributed by atoms with Crippen LogP contribution in [0.5, 0.6) is 0 Å². The van der Waals surface area contributed by atoms with E-state index in [1.54, 1.807) is 6.92 Å². The number of hydrogen-bond donors (Lipinski definition) is 2. The number of Topliss-reactive ketones (excluding diaryl/α,β-unsaturated/α-hetero) is 1. The lowest BCUT2D eigenvalue weighted by Gasteiger charge is -2.38. The molecule has 0 radical (unpaired) electrons. The molecule has 9 heteroatoms. The van der Waals surface area contributed by atoms with Gasteiger partial charge in [0.2, 0.25) is 0 Å². The summed E-state index contributed by atoms with van der Waals surface area (Å²) in [5.41, 5.74) is 6.14. The van der Waals surface area contributed by atoms with E-state index in [0.29, 0.717) is 28.9 Å². The van der Waals surface area contributed by atoms with Crippen molar-refractivity contribution in [2.75, 3.05) is 57.5 Å². The molecule has 3 aromatic rings. The van der Waals surface area contributed by atoms with Crippen molar-refractivity contribution in [3.05, 3.63) is 101 Å².